The minimum absolute atomic E-state index is 0.267. The monoisotopic (exact) mass is 279 g/mol. The first-order valence-electron chi connectivity index (χ1n) is 7.48. The fraction of sp³-hybridized carbons (Fsp3) is 0.647. The average Bonchev–Trinajstić information content (AvgIpc) is 2.36. The summed E-state index contributed by atoms with van der Waals surface area (Å²) in [4.78, 5) is 0. The van der Waals surface area contributed by atoms with E-state index < -0.39 is 0 Å². The van der Waals surface area contributed by atoms with Gasteiger partial charge in [-0.2, -0.15) is 11.8 Å². The van der Waals surface area contributed by atoms with Gasteiger partial charge in [0.25, 0.3) is 0 Å². The molecule has 19 heavy (non-hydrogen) atoms. The summed E-state index contributed by atoms with van der Waals surface area (Å²) in [6, 6.07) is 0.267. The van der Waals surface area contributed by atoms with Crippen LogP contribution in [0.15, 0.2) is 36.0 Å². The molecule has 2 heteroatoms. The zero-order chi connectivity index (χ0) is 14.1. The van der Waals surface area contributed by atoms with Crippen LogP contribution in [0.1, 0.15) is 52.4 Å². The first-order valence-corrected chi connectivity index (χ1v) is 8.53. The van der Waals surface area contributed by atoms with Gasteiger partial charge in [0.2, 0.25) is 0 Å². The van der Waals surface area contributed by atoms with Crippen molar-refractivity contribution in [3.8, 4) is 0 Å². The Morgan fingerprint density at radius 2 is 2.26 bits per heavy atom. The van der Waals surface area contributed by atoms with Gasteiger partial charge < -0.3 is 5.73 Å². The van der Waals surface area contributed by atoms with E-state index in [1.54, 1.807) is 0 Å². The molecule has 2 N–H and O–H groups in total. The fourth-order valence-electron chi connectivity index (χ4n) is 2.37. The molecule has 1 nitrogen and oxygen atoms in total. The molecule has 0 aliphatic heterocycles. The van der Waals surface area contributed by atoms with Crippen molar-refractivity contribution in [1.82, 2.24) is 0 Å². The molecule has 0 saturated carbocycles. The Labute approximate surface area is 123 Å². The van der Waals surface area contributed by atoms with Gasteiger partial charge in [0.15, 0.2) is 0 Å². The Balaban J connectivity index is 2.20. The van der Waals surface area contributed by atoms with E-state index in [1.807, 2.05) is 6.08 Å². The van der Waals surface area contributed by atoms with Crippen molar-refractivity contribution in [1.29, 1.82) is 0 Å². The van der Waals surface area contributed by atoms with Crippen LogP contribution < -0.4 is 5.73 Å². The zero-order valence-electron chi connectivity index (χ0n) is 12.5. The maximum absolute atomic E-state index is 5.88. The maximum Gasteiger partial charge on any atom is 0.0267 e. The lowest BCUT2D eigenvalue weighted by Crippen LogP contribution is -2.17. The predicted octanol–water partition coefficient (Wildman–Crippen LogP) is 4.85. The maximum atomic E-state index is 5.88. The van der Waals surface area contributed by atoms with Crippen molar-refractivity contribution in [3.63, 3.8) is 0 Å². The minimum Gasteiger partial charge on any atom is -0.328 e. The standard InChI is InChI=1S/C17H29NS/c1-4-5-6-7-8-11-19-17-10-9-16(13-15(3)18)14(2)12-17/h4,9-10,15,17H,1,5-8,11-13,18H2,2-3H3. The van der Waals surface area contributed by atoms with Crippen LogP contribution in [0.4, 0.5) is 0 Å². The van der Waals surface area contributed by atoms with Gasteiger partial charge in [0, 0.05) is 11.3 Å². The summed E-state index contributed by atoms with van der Waals surface area (Å²) in [6.45, 7) is 8.10. The van der Waals surface area contributed by atoms with Crippen LogP contribution in [-0.2, 0) is 0 Å². The van der Waals surface area contributed by atoms with E-state index in [1.165, 1.54) is 42.6 Å². The molecule has 0 heterocycles. The summed E-state index contributed by atoms with van der Waals surface area (Å²) in [5.41, 5.74) is 8.87. The topological polar surface area (TPSA) is 26.0 Å². The largest absolute Gasteiger partial charge is 0.328 e. The molecule has 0 aromatic carbocycles. The van der Waals surface area contributed by atoms with Gasteiger partial charge in [-0.3, -0.25) is 0 Å². The summed E-state index contributed by atoms with van der Waals surface area (Å²) in [7, 11) is 0. The third-order valence-electron chi connectivity index (χ3n) is 3.49. The van der Waals surface area contributed by atoms with Crippen LogP contribution in [0.3, 0.4) is 0 Å². The molecule has 0 radical (unpaired) electrons. The van der Waals surface area contributed by atoms with E-state index in [9.17, 15) is 0 Å². The highest BCUT2D eigenvalue weighted by molar-refractivity contribution is 8.00. The Kier molecular flexibility index (Phi) is 8.24. The number of thioether (sulfide) groups is 1. The quantitative estimate of drug-likeness (QED) is 0.482. The van der Waals surface area contributed by atoms with E-state index in [0.717, 1.165) is 12.8 Å². The lowest BCUT2D eigenvalue weighted by Gasteiger charge is -2.21. The van der Waals surface area contributed by atoms with E-state index in [0.29, 0.717) is 5.25 Å². The first kappa shape index (κ1) is 16.6. The van der Waals surface area contributed by atoms with Crippen molar-refractivity contribution >= 4 is 11.8 Å². The van der Waals surface area contributed by atoms with Crippen LogP contribution >= 0.6 is 11.8 Å². The Bertz CT molecular complexity index is 328. The van der Waals surface area contributed by atoms with Gasteiger partial charge in [0.1, 0.15) is 0 Å². The van der Waals surface area contributed by atoms with E-state index in [2.05, 4.69) is 44.3 Å². The number of unbranched alkanes of at least 4 members (excludes halogenated alkanes) is 3. The molecule has 2 unspecified atom stereocenters. The van der Waals surface area contributed by atoms with Gasteiger partial charge >= 0.3 is 0 Å². The highest BCUT2D eigenvalue weighted by Crippen LogP contribution is 2.29. The van der Waals surface area contributed by atoms with E-state index >= 15 is 0 Å². The zero-order valence-corrected chi connectivity index (χ0v) is 13.3. The van der Waals surface area contributed by atoms with Crippen LogP contribution in [0, 0.1) is 0 Å². The van der Waals surface area contributed by atoms with Gasteiger partial charge in [-0.15, -0.1) is 6.58 Å². The smallest absolute Gasteiger partial charge is 0.0267 e. The summed E-state index contributed by atoms with van der Waals surface area (Å²) >= 11 is 2.10. The highest BCUT2D eigenvalue weighted by atomic mass is 32.2. The van der Waals surface area contributed by atoms with Crippen LogP contribution in [0.5, 0.6) is 0 Å². The van der Waals surface area contributed by atoms with Gasteiger partial charge in [-0.1, -0.05) is 30.2 Å². The molecule has 108 valence electrons. The van der Waals surface area contributed by atoms with Crippen LogP contribution in [-0.4, -0.2) is 17.0 Å². The molecule has 0 aromatic rings. The van der Waals surface area contributed by atoms with Gasteiger partial charge in [-0.05, 0) is 57.3 Å². The predicted molar refractivity (Wildman–Crippen MR) is 89.6 cm³/mol. The molecule has 0 aromatic heterocycles. The molecule has 0 saturated heterocycles. The minimum atomic E-state index is 0.267. The molecule has 1 rings (SSSR count). The molecule has 1 aliphatic rings. The van der Waals surface area contributed by atoms with E-state index in [-0.39, 0.29) is 6.04 Å². The summed E-state index contributed by atoms with van der Waals surface area (Å²) < 4.78 is 0. The number of rotatable bonds is 9. The highest BCUT2D eigenvalue weighted by Gasteiger charge is 2.14. The Hall–Kier alpha value is -0.470. The number of allylic oxidation sites excluding steroid dienone is 3. The summed E-state index contributed by atoms with van der Waals surface area (Å²) in [5.74, 6) is 1.28. The first-order chi connectivity index (χ1) is 9.13. The molecule has 0 bridgehead atoms. The molecular formula is C17H29NS. The van der Waals surface area contributed by atoms with Crippen molar-refractivity contribution in [2.24, 2.45) is 5.73 Å². The normalized spacial score (nSPS) is 20.7. The Morgan fingerprint density at radius 3 is 2.89 bits per heavy atom. The second-order valence-corrected chi connectivity index (χ2v) is 6.94. The molecule has 0 fully saturated rings. The number of hydrogen-bond acceptors (Lipinski definition) is 2. The second kappa shape index (κ2) is 9.44. The number of hydrogen-bond donors (Lipinski definition) is 1. The SMILES string of the molecule is C=CCCCCCSC1C=CC(CC(C)N)=C(C)C1. The van der Waals surface area contributed by atoms with Crippen LogP contribution in [0.25, 0.3) is 0 Å². The molecule has 0 spiro atoms. The van der Waals surface area contributed by atoms with Crippen molar-refractivity contribution < 1.29 is 0 Å². The average molecular weight is 279 g/mol. The lowest BCUT2D eigenvalue weighted by atomic mass is 9.94. The van der Waals surface area contributed by atoms with Crippen molar-refractivity contribution in [3.05, 3.63) is 36.0 Å². The van der Waals surface area contributed by atoms with E-state index in [4.69, 9.17) is 5.73 Å². The molecule has 0 amide bonds. The second-order valence-electron chi connectivity index (χ2n) is 5.60. The fourth-order valence-corrected chi connectivity index (χ4v) is 3.60. The van der Waals surface area contributed by atoms with Crippen LogP contribution in [0.2, 0.25) is 0 Å². The summed E-state index contributed by atoms with van der Waals surface area (Å²) in [5, 5.41) is 0.677. The van der Waals surface area contributed by atoms with Crippen molar-refractivity contribution in [2.45, 2.75) is 63.7 Å². The summed E-state index contributed by atoms with van der Waals surface area (Å²) in [6.07, 6.45) is 14.0. The molecule has 2 atom stereocenters. The molecule has 1 aliphatic carbocycles. The van der Waals surface area contributed by atoms with Gasteiger partial charge in [0.05, 0.1) is 0 Å². The third kappa shape index (κ3) is 7.03. The van der Waals surface area contributed by atoms with Crippen molar-refractivity contribution in [2.75, 3.05) is 5.75 Å². The Morgan fingerprint density at radius 1 is 1.47 bits per heavy atom. The van der Waals surface area contributed by atoms with Gasteiger partial charge in [-0.25, -0.2) is 0 Å². The lowest BCUT2D eigenvalue weighted by molar-refractivity contribution is 0.725. The number of nitrogens with two attached hydrogens (primary N) is 1. The molecular weight excluding hydrogens is 250 g/mol. The third-order valence-corrected chi connectivity index (χ3v) is 4.77.